The van der Waals surface area contributed by atoms with E-state index in [1.54, 1.807) is 0 Å². The molecule has 64 valence electrons. The summed E-state index contributed by atoms with van der Waals surface area (Å²) in [7, 11) is 0. The lowest BCUT2D eigenvalue weighted by molar-refractivity contribution is 1.14. The van der Waals surface area contributed by atoms with Crippen LogP contribution in [0.1, 0.15) is 18.1 Å². The Morgan fingerprint density at radius 3 is 2.58 bits per heavy atom. The van der Waals surface area contributed by atoms with Crippen LogP contribution in [-0.4, -0.2) is 5.37 Å². The molecule has 0 spiro atoms. The van der Waals surface area contributed by atoms with E-state index in [1.807, 2.05) is 11.8 Å². The zero-order chi connectivity index (χ0) is 8.72. The van der Waals surface area contributed by atoms with Crippen LogP contribution in [0.4, 0.5) is 5.69 Å². The zero-order valence-electron chi connectivity index (χ0n) is 7.64. The highest BCUT2D eigenvalue weighted by Gasteiger charge is 2.20. The van der Waals surface area contributed by atoms with E-state index in [0.717, 1.165) is 0 Å². The summed E-state index contributed by atoms with van der Waals surface area (Å²) in [5, 5.41) is 4.00. The molecule has 1 aliphatic rings. The van der Waals surface area contributed by atoms with Gasteiger partial charge in [0.25, 0.3) is 0 Å². The maximum atomic E-state index is 3.47. The molecule has 0 aliphatic carbocycles. The Morgan fingerprint density at radius 2 is 1.92 bits per heavy atom. The van der Waals surface area contributed by atoms with Crippen LogP contribution in [0.25, 0.3) is 0 Å². The third kappa shape index (κ3) is 1.11. The molecule has 0 saturated heterocycles. The van der Waals surface area contributed by atoms with Gasteiger partial charge in [0.15, 0.2) is 0 Å². The van der Waals surface area contributed by atoms with Crippen LogP contribution < -0.4 is 5.32 Å². The average Bonchev–Trinajstić information content (AvgIpc) is 2.41. The molecule has 0 amide bonds. The zero-order valence-corrected chi connectivity index (χ0v) is 8.46. The van der Waals surface area contributed by atoms with Gasteiger partial charge in [-0.3, -0.25) is 0 Å². The summed E-state index contributed by atoms with van der Waals surface area (Å²) >= 11 is 1.92. The number of nitrogens with one attached hydrogen (secondary N) is 1. The number of hydrogen-bond donors (Lipinski definition) is 1. The van der Waals surface area contributed by atoms with Gasteiger partial charge in [0, 0.05) is 4.90 Å². The van der Waals surface area contributed by atoms with Crippen molar-refractivity contribution in [3.8, 4) is 0 Å². The van der Waals surface area contributed by atoms with Gasteiger partial charge < -0.3 is 5.32 Å². The van der Waals surface area contributed by atoms with Gasteiger partial charge in [-0.15, -0.1) is 0 Å². The van der Waals surface area contributed by atoms with Crippen molar-refractivity contribution >= 4 is 17.4 Å². The molecular weight excluding hydrogens is 166 g/mol. The number of aryl methyl sites for hydroxylation is 2. The minimum absolute atomic E-state index is 0.528. The first-order valence-corrected chi connectivity index (χ1v) is 5.10. The standard InChI is InChI=1S/C10H13NS/c1-6-4-5-7(2)10-9(6)11-8(3)12-10/h4-5,8,11H,1-3H3. The van der Waals surface area contributed by atoms with E-state index in [1.165, 1.54) is 21.7 Å². The predicted octanol–water partition coefficient (Wildman–Crippen LogP) is 3.17. The van der Waals surface area contributed by atoms with Crippen LogP contribution in [0.5, 0.6) is 0 Å². The van der Waals surface area contributed by atoms with Crippen LogP contribution in [0, 0.1) is 13.8 Å². The van der Waals surface area contributed by atoms with Gasteiger partial charge in [-0.05, 0) is 31.9 Å². The Bertz CT molecular complexity index is 289. The fraction of sp³-hybridized carbons (Fsp3) is 0.400. The van der Waals surface area contributed by atoms with Crippen molar-refractivity contribution in [1.29, 1.82) is 0 Å². The first-order chi connectivity index (χ1) is 5.68. The van der Waals surface area contributed by atoms with Gasteiger partial charge in [-0.2, -0.15) is 0 Å². The van der Waals surface area contributed by atoms with Gasteiger partial charge >= 0.3 is 0 Å². The third-order valence-electron chi connectivity index (χ3n) is 2.21. The highest BCUT2D eigenvalue weighted by molar-refractivity contribution is 8.00. The number of benzene rings is 1. The van der Waals surface area contributed by atoms with Crippen molar-refractivity contribution in [3.63, 3.8) is 0 Å². The Labute approximate surface area is 77.6 Å². The number of thioether (sulfide) groups is 1. The Balaban J connectivity index is 2.56. The quantitative estimate of drug-likeness (QED) is 0.656. The van der Waals surface area contributed by atoms with Crippen molar-refractivity contribution in [2.75, 3.05) is 5.32 Å². The summed E-state index contributed by atoms with van der Waals surface area (Å²) in [6.45, 7) is 6.53. The van der Waals surface area contributed by atoms with Crippen LogP contribution >= 0.6 is 11.8 Å². The summed E-state index contributed by atoms with van der Waals surface area (Å²) in [6, 6.07) is 4.38. The molecule has 1 nitrogen and oxygen atoms in total. The molecule has 2 heteroatoms. The summed E-state index contributed by atoms with van der Waals surface area (Å²) in [6.07, 6.45) is 0. The molecule has 12 heavy (non-hydrogen) atoms. The van der Waals surface area contributed by atoms with Gasteiger partial charge in [-0.25, -0.2) is 0 Å². The lowest BCUT2D eigenvalue weighted by Crippen LogP contribution is -2.03. The Kier molecular flexibility index (Phi) is 1.80. The minimum Gasteiger partial charge on any atom is -0.372 e. The maximum absolute atomic E-state index is 3.47. The smallest absolute Gasteiger partial charge is 0.0741 e. The number of hydrogen-bond acceptors (Lipinski definition) is 2. The van der Waals surface area contributed by atoms with Gasteiger partial charge in [-0.1, -0.05) is 23.9 Å². The molecule has 1 atom stereocenters. The van der Waals surface area contributed by atoms with E-state index >= 15 is 0 Å². The summed E-state index contributed by atoms with van der Waals surface area (Å²) in [4.78, 5) is 1.43. The first-order valence-electron chi connectivity index (χ1n) is 4.22. The fourth-order valence-corrected chi connectivity index (χ4v) is 2.65. The van der Waals surface area contributed by atoms with Crippen LogP contribution in [0.15, 0.2) is 17.0 Å². The second-order valence-corrected chi connectivity index (χ2v) is 4.66. The molecule has 0 fully saturated rings. The number of anilines is 1. The maximum Gasteiger partial charge on any atom is 0.0741 e. The second kappa shape index (κ2) is 2.70. The van der Waals surface area contributed by atoms with Gasteiger partial charge in [0.1, 0.15) is 0 Å². The third-order valence-corrected chi connectivity index (χ3v) is 3.44. The largest absolute Gasteiger partial charge is 0.372 e. The van der Waals surface area contributed by atoms with E-state index in [-0.39, 0.29) is 0 Å². The molecule has 0 radical (unpaired) electrons. The summed E-state index contributed by atoms with van der Waals surface area (Å²) < 4.78 is 0. The van der Waals surface area contributed by atoms with Crippen LogP contribution in [-0.2, 0) is 0 Å². The molecule has 1 heterocycles. The van der Waals surface area contributed by atoms with Gasteiger partial charge in [0.05, 0.1) is 11.1 Å². The molecule has 2 rings (SSSR count). The average molecular weight is 179 g/mol. The van der Waals surface area contributed by atoms with Crippen LogP contribution in [0.3, 0.4) is 0 Å². The number of rotatable bonds is 0. The Hall–Kier alpha value is -0.630. The van der Waals surface area contributed by atoms with E-state index in [9.17, 15) is 0 Å². The molecule has 1 N–H and O–H groups in total. The van der Waals surface area contributed by atoms with E-state index in [0.29, 0.717) is 5.37 Å². The Morgan fingerprint density at radius 1 is 1.25 bits per heavy atom. The molecule has 0 bridgehead atoms. The lowest BCUT2D eigenvalue weighted by atomic mass is 10.1. The normalized spacial score (nSPS) is 20.4. The first kappa shape index (κ1) is 7.99. The highest BCUT2D eigenvalue weighted by atomic mass is 32.2. The minimum atomic E-state index is 0.528. The molecule has 1 unspecified atom stereocenters. The molecule has 1 aromatic rings. The SMILES string of the molecule is Cc1ccc(C)c2c1NC(C)S2. The van der Waals surface area contributed by atoms with E-state index < -0.39 is 0 Å². The van der Waals surface area contributed by atoms with Crippen LogP contribution in [0.2, 0.25) is 0 Å². The number of fused-ring (bicyclic) bond motifs is 1. The second-order valence-electron chi connectivity index (χ2n) is 3.31. The molecular formula is C10H13NS. The molecule has 1 aliphatic heterocycles. The monoisotopic (exact) mass is 179 g/mol. The molecule has 0 aromatic heterocycles. The highest BCUT2D eigenvalue weighted by Crippen LogP contribution is 2.42. The van der Waals surface area contributed by atoms with E-state index in [4.69, 9.17) is 0 Å². The topological polar surface area (TPSA) is 12.0 Å². The predicted molar refractivity (Wildman–Crippen MR) is 54.9 cm³/mol. The van der Waals surface area contributed by atoms with Crippen molar-refractivity contribution < 1.29 is 0 Å². The van der Waals surface area contributed by atoms with Crippen molar-refractivity contribution in [2.45, 2.75) is 31.0 Å². The summed E-state index contributed by atoms with van der Waals surface area (Å²) in [5.41, 5.74) is 4.08. The van der Waals surface area contributed by atoms with Crippen molar-refractivity contribution in [2.24, 2.45) is 0 Å². The fourth-order valence-electron chi connectivity index (χ4n) is 1.53. The van der Waals surface area contributed by atoms with Crippen molar-refractivity contribution in [1.82, 2.24) is 0 Å². The van der Waals surface area contributed by atoms with Gasteiger partial charge in [0.2, 0.25) is 0 Å². The summed E-state index contributed by atoms with van der Waals surface area (Å²) in [5.74, 6) is 0. The molecule has 0 saturated carbocycles. The lowest BCUT2D eigenvalue weighted by Gasteiger charge is -2.05. The van der Waals surface area contributed by atoms with Crippen molar-refractivity contribution in [3.05, 3.63) is 23.3 Å². The molecule has 1 aromatic carbocycles. The van der Waals surface area contributed by atoms with E-state index in [2.05, 4.69) is 38.2 Å².